The molecule has 0 aromatic heterocycles. The third-order valence-electron chi connectivity index (χ3n) is 4.66. The standard InChI is InChI=1S/C20H20ClF3N2O4S/c1-12-10-26(11-13(2)30-12)19(27)15-5-3-4-6-18(15)25-31(28,29)14-7-8-17(21)16(9-14)20(22,23)24/h3-9,12-13,25H,10-11H2,1-2H3/t12-,13-/m0/s1. The Bertz CT molecular complexity index is 1080. The molecule has 1 aliphatic rings. The molecular weight excluding hydrogens is 457 g/mol. The van der Waals surface area contributed by atoms with Crippen LogP contribution >= 0.6 is 11.6 Å². The summed E-state index contributed by atoms with van der Waals surface area (Å²) < 4.78 is 72.8. The van der Waals surface area contributed by atoms with E-state index in [1.54, 1.807) is 11.0 Å². The number of rotatable bonds is 4. The number of nitrogens with zero attached hydrogens (tertiary/aromatic N) is 1. The van der Waals surface area contributed by atoms with Crippen molar-refractivity contribution in [1.29, 1.82) is 0 Å². The maximum absolute atomic E-state index is 13.1. The highest BCUT2D eigenvalue weighted by Crippen LogP contribution is 2.36. The Morgan fingerprint density at radius 2 is 1.74 bits per heavy atom. The van der Waals surface area contributed by atoms with E-state index in [1.807, 2.05) is 13.8 Å². The first kappa shape index (κ1) is 23.4. The van der Waals surface area contributed by atoms with Crippen molar-refractivity contribution in [2.75, 3.05) is 17.8 Å². The van der Waals surface area contributed by atoms with Crippen molar-refractivity contribution in [3.63, 3.8) is 0 Å². The third-order valence-corrected chi connectivity index (χ3v) is 6.35. The smallest absolute Gasteiger partial charge is 0.372 e. The molecular formula is C20H20ClF3N2O4S. The molecule has 0 saturated carbocycles. The SMILES string of the molecule is C[C@H]1CN(C(=O)c2ccccc2NS(=O)(=O)c2ccc(Cl)c(C(F)(F)F)c2)C[C@H](C)O1. The predicted octanol–water partition coefficient (Wildman–Crippen LogP) is 4.41. The van der Waals surface area contributed by atoms with Crippen LogP contribution in [0.15, 0.2) is 47.4 Å². The Morgan fingerprint density at radius 3 is 2.35 bits per heavy atom. The molecule has 31 heavy (non-hydrogen) atoms. The molecule has 0 unspecified atom stereocenters. The van der Waals surface area contributed by atoms with E-state index in [9.17, 15) is 26.4 Å². The summed E-state index contributed by atoms with van der Waals surface area (Å²) in [5.41, 5.74) is -1.22. The molecule has 2 atom stereocenters. The number of morpholine rings is 1. The molecule has 3 rings (SSSR count). The molecule has 11 heteroatoms. The number of amides is 1. The first-order valence-corrected chi connectivity index (χ1v) is 11.2. The number of ether oxygens (including phenoxy) is 1. The minimum absolute atomic E-state index is 0.0391. The topological polar surface area (TPSA) is 75.7 Å². The van der Waals surface area contributed by atoms with Crippen molar-refractivity contribution < 1.29 is 31.1 Å². The van der Waals surface area contributed by atoms with Gasteiger partial charge in [0, 0.05) is 13.1 Å². The van der Waals surface area contributed by atoms with Crippen molar-refractivity contribution in [1.82, 2.24) is 4.90 Å². The number of alkyl halides is 3. The van der Waals surface area contributed by atoms with Gasteiger partial charge in [0.15, 0.2) is 0 Å². The number of para-hydroxylation sites is 1. The number of anilines is 1. The van der Waals surface area contributed by atoms with Crippen molar-refractivity contribution in [2.45, 2.75) is 37.1 Å². The summed E-state index contributed by atoms with van der Waals surface area (Å²) in [6.07, 6.45) is -5.20. The van der Waals surface area contributed by atoms with Gasteiger partial charge in [-0.25, -0.2) is 8.42 Å². The molecule has 2 aromatic carbocycles. The van der Waals surface area contributed by atoms with Gasteiger partial charge in [-0.15, -0.1) is 0 Å². The molecule has 2 aromatic rings. The van der Waals surface area contributed by atoms with Crippen molar-refractivity contribution in [3.8, 4) is 0 Å². The van der Waals surface area contributed by atoms with E-state index in [2.05, 4.69) is 4.72 Å². The Hall–Kier alpha value is -2.30. The Balaban J connectivity index is 1.93. The zero-order chi connectivity index (χ0) is 23.0. The lowest BCUT2D eigenvalue weighted by Crippen LogP contribution is -2.48. The molecule has 0 aliphatic carbocycles. The summed E-state index contributed by atoms with van der Waals surface area (Å²) in [5, 5.41) is -0.613. The van der Waals surface area contributed by atoms with Gasteiger partial charge in [0.05, 0.1) is 38.9 Å². The minimum atomic E-state index is -4.82. The maximum Gasteiger partial charge on any atom is 0.417 e. The van der Waals surface area contributed by atoms with Gasteiger partial charge in [-0.3, -0.25) is 9.52 Å². The fourth-order valence-corrected chi connectivity index (χ4v) is 4.70. The summed E-state index contributed by atoms with van der Waals surface area (Å²) in [6, 6.07) is 8.21. The highest BCUT2D eigenvalue weighted by atomic mass is 35.5. The van der Waals surface area contributed by atoms with Crippen LogP contribution in [-0.4, -0.2) is 44.5 Å². The van der Waals surface area contributed by atoms with E-state index in [0.29, 0.717) is 19.2 Å². The molecule has 1 fully saturated rings. The number of carbonyl (C=O) groups is 1. The van der Waals surface area contributed by atoms with Gasteiger partial charge in [0.25, 0.3) is 15.9 Å². The van der Waals surface area contributed by atoms with Crippen LogP contribution in [0.5, 0.6) is 0 Å². The zero-order valence-electron chi connectivity index (χ0n) is 16.6. The fourth-order valence-electron chi connectivity index (χ4n) is 3.37. The molecule has 168 valence electrons. The van der Waals surface area contributed by atoms with Crippen molar-refractivity contribution >= 4 is 33.2 Å². The zero-order valence-corrected chi connectivity index (χ0v) is 18.2. The van der Waals surface area contributed by atoms with E-state index >= 15 is 0 Å². The summed E-state index contributed by atoms with van der Waals surface area (Å²) in [4.78, 5) is 14.0. The Morgan fingerprint density at radius 1 is 1.13 bits per heavy atom. The van der Waals surface area contributed by atoms with Crippen LogP contribution in [0.4, 0.5) is 18.9 Å². The monoisotopic (exact) mass is 476 g/mol. The van der Waals surface area contributed by atoms with Crippen LogP contribution in [0, 0.1) is 0 Å². The second-order valence-corrected chi connectivity index (χ2v) is 9.35. The van der Waals surface area contributed by atoms with Crippen LogP contribution in [0.2, 0.25) is 5.02 Å². The molecule has 0 radical (unpaired) electrons. The van der Waals surface area contributed by atoms with E-state index in [1.165, 1.54) is 18.2 Å². The Kier molecular flexibility index (Phi) is 6.54. The van der Waals surface area contributed by atoms with Crippen molar-refractivity contribution in [3.05, 3.63) is 58.6 Å². The van der Waals surface area contributed by atoms with Crippen LogP contribution in [0.1, 0.15) is 29.8 Å². The highest BCUT2D eigenvalue weighted by molar-refractivity contribution is 7.92. The Labute approximate surface area is 183 Å². The number of hydrogen-bond donors (Lipinski definition) is 1. The molecule has 1 aliphatic heterocycles. The number of sulfonamides is 1. The molecule has 0 spiro atoms. The van der Waals surface area contributed by atoms with E-state index in [-0.39, 0.29) is 23.5 Å². The first-order valence-electron chi connectivity index (χ1n) is 9.32. The number of nitrogens with one attached hydrogen (secondary N) is 1. The average Bonchev–Trinajstić information content (AvgIpc) is 2.66. The quantitative estimate of drug-likeness (QED) is 0.709. The van der Waals surface area contributed by atoms with Gasteiger partial charge >= 0.3 is 6.18 Å². The van der Waals surface area contributed by atoms with Gasteiger partial charge in [0.2, 0.25) is 0 Å². The normalized spacial score (nSPS) is 19.9. The summed E-state index contributed by atoms with van der Waals surface area (Å²) in [6.45, 7) is 4.30. The molecule has 6 nitrogen and oxygen atoms in total. The second-order valence-electron chi connectivity index (χ2n) is 7.26. The number of carbonyl (C=O) groups excluding carboxylic acids is 1. The minimum Gasteiger partial charge on any atom is -0.372 e. The summed E-state index contributed by atoms with van der Waals surface area (Å²) >= 11 is 5.57. The van der Waals surface area contributed by atoms with Gasteiger partial charge < -0.3 is 9.64 Å². The lowest BCUT2D eigenvalue weighted by Gasteiger charge is -2.35. The molecule has 1 heterocycles. The van der Waals surface area contributed by atoms with Gasteiger partial charge in [-0.05, 0) is 44.2 Å². The molecule has 0 bridgehead atoms. The fraction of sp³-hybridized carbons (Fsp3) is 0.350. The molecule has 1 saturated heterocycles. The largest absolute Gasteiger partial charge is 0.417 e. The predicted molar refractivity (Wildman–Crippen MR) is 110 cm³/mol. The van der Waals surface area contributed by atoms with Gasteiger partial charge in [-0.2, -0.15) is 13.2 Å². The van der Waals surface area contributed by atoms with Crippen LogP contribution in [0.25, 0.3) is 0 Å². The molecule has 1 amide bonds. The summed E-state index contributed by atoms with van der Waals surface area (Å²) in [5.74, 6) is -0.410. The lowest BCUT2D eigenvalue weighted by atomic mass is 10.1. The second kappa shape index (κ2) is 8.68. The number of benzene rings is 2. The van der Waals surface area contributed by atoms with E-state index < -0.39 is 37.6 Å². The van der Waals surface area contributed by atoms with Crippen LogP contribution in [-0.2, 0) is 20.9 Å². The highest BCUT2D eigenvalue weighted by Gasteiger charge is 2.35. The van der Waals surface area contributed by atoms with E-state index in [0.717, 1.165) is 12.1 Å². The lowest BCUT2D eigenvalue weighted by molar-refractivity contribution is -0.137. The van der Waals surface area contributed by atoms with Crippen LogP contribution in [0.3, 0.4) is 0 Å². The van der Waals surface area contributed by atoms with Gasteiger partial charge in [0.1, 0.15) is 0 Å². The maximum atomic E-state index is 13.1. The van der Waals surface area contributed by atoms with Crippen molar-refractivity contribution in [2.24, 2.45) is 0 Å². The summed E-state index contributed by atoms with van der Waals surface area (Å²) in [7, 11) is -4.43. The average molecular weight is 477 g/mol. The number of halogens is 4. The van der Waals surface area contributed by atoms with Crippen LogP contribution < -0.4 is 4.72 Å². The van der Waals surface area contributed by atoms with Gasteiger partial charge in [-0.1, -0.05) is 23.7 Å². The first-order chi connectivity index (χ1) is 14.4. The molecule has 1 N–H and O–H groups in total. The van der Waals surface area contributed by atoms with E-state index in [4.69, 9.17) is 16.3 Å². The number of hydrogen-bond acceptors (Lipinski definition) is 4. The third kappa shape index (κ3) is 5.31.